The Balaban J connectivity index is 2.64. The van der Waals surface area contributed by atoms with Crippen LogP contribution in [-0.4, -0.2) is 11.5 Å². The first kappa shape index (κ1) is 13.5. The fraction of sp³-hybridized carbons (Fsp3) is 0.538. The van der Waals surface area contributed by atoms with Gasteiger partial charge in [0.15, 0.2) is 0 Å². The first-order chi connectivity index (χ1) is 7.80. The number of nitro groups is 1. The second-order valence-corrected chi connectivity index (χ2v) is 5.46. The molecule has 0 amide bonds. The van der Waals surface area contributed by atoms with Crippen LogP contribution in [0, 0.1) is 21.4 Å². The molecule has 17 heavy (non-hydrogen) atoms. The molecule has 1 unspecified atom stereocenters. The fourth-order valence-corrected chi connectivity index (χ4v) is 1.31. The summed E-state index contributed by atoms with van der Waals surface area (Å²) in [4.78, 5) is 10.3. The van der Waals surface area contributed by atoms with E-state index in [0.29, 0.717) is 5.92 Å². The summed E-state index contributed by atoms with van der Waals surface area (Å²) in [6.07, 6.45) is 0. The molecule has 0 aliphatic heterocycles. The standard InChI is InChI=1S/C13H20N2O2/c1-10(13(2,3)4)9-14-11-6-5-7-12(8-11)15(16)17/h5-8,10,14H,9H2,1-4H3. The van der Waals surface area contributed by atoms with Gasteiger partial charge >= 0.3 is 0 Å². The predicted molar refractivity (Wildman–Crippen MR) is 70.2 cm³/mol. The number of nitrogens with one attached hydrogen (secondary N) is 1. The number of hydrogen-bond acceptors (Lipinski definition) is 3. The molecule has 0 radical (unpaired) electrons. The Hall–Kier alpha value is -1.58. The Bertz CT molecular complexity index is 397. The van der Waals surface area contributed by atoms with E-state index in [1.807, 2.05) is 6.07 Å². The highest BCUT2D eigenvalue weighted by atomic mass is 16.6. The number of nitro benzene ring substituents is 1. The number of non-ortho nitro benzene ring substituents is 1. The van der Waals surface area contributed by atoms with Crippen molar-refractivity contribution in [2.75, 3.05) is 11.9 Å². The van der Waals surface area contributed by atoms with Gasteiger partial charge in [-0.25, -0.2) is 0 Å². The van der Waals surface area contributed by atoms with E-state index in [1.54, 1.807) is 12.1 Å². The van der Waals surface area contributed by atoms with Crippen molar-refractivity contribution >= 4 is 11.4 Å². The minimum atomic E-state index is -0.377. The number of nitrogens with zero attached hydrogens (tertiary/aromatic N) is 1. The van der Waals surface area contributed by atoms with Gasteiger partial charge in [-0.1, -0.05) is 33.8 Å². The summed E-state index contributed by atoms with van der Waals surface area (Å²) in [6, 6.07) is 6.61. The molecule has 1 atom stereocenters. The molecule has 0 aromatic heterocycles. The largest absolute Gasteiger partial charge is 0.385 e. The Kier molecular flexibility index (Phi) is 4.10. The molecular formula is C13H20N2O2. The molecule has 1 aromatic rings. The predicted octanol–water partition coefficient (Wildman–Crippen LogP) is 3.69. The third kappa shape index (κ3) is 4.06. The molecule has 4 heteroatoms. The highest BCUT2D eigenvalue weighted by Gasteiger charge is 2.19. The first-order valence-corrected chi connectivity index (χ1v) is 5.79. The monoisotopic (exact) mass is 236 g/mol. The quantitative estimate of drug-likeness (QED) is 0.640. The first-order valence-electron chi connectivity index (χ1n) is 5.79. The van der Waals surface area contributed by atoms with Crippen LogP contribution >= 0.6 is 0 Å². The van der Waals surface area contributed by atoms with Gasteiger partial charge in [0.25, 0.3) is 5.69 Å². The molecule has 0 heterocycles. The van der Waals surface area contributed by atoms with Gasteiger partial charge in [-0.2, -0.15) is 0 Å². The van der Waals surface area contributed by atoms with Crippen molar-refractivity contribution in [1.29, 1.82) is 0 Å². The van der Waals surface area contributed by atoms with E-state index in [1.165, 1.54) is 6.07 Å². The van der Waals surface area contributed by atoms with Crippen molar-refractivity contribution in [3.8, 4) is 0 Å². The van der Waals surface area contributed by atoms with Crippen LogP contribution in [0.4, 0.5) is 11.4 Å². The number of benzene rings is 1. The van der Waals surface area contributed by atoms with Gasteiger partial charge in [-0.15, -0.1) is 0 Å². The van der Waals surface area contributed by atoms with Crippen LogP contribution in [-0.2, 0) is 0 Å². The van der Waals surface area contributed by atoms with E-state index < -0.39 is 0 Å². The smallest absolute Gasteiger partial charge is 0.271 e. The number of hydrogen-bond donors (Lipinski definition) is 1. The SMILES string of the molecule is CC(CNc1cccc([N+](=O)[O-])c1)C(C)(C)C. The molecule has 0 spiro atoms. The molecule has 0 aliphatic carbocycles. The van der Waals surface area contributed by atoms with Gasteiger partial charge in [0.05, 0.1) is 4.92 Å². The molecule has 1 aromatic carbocycles. The molecular weight excluding hydrogens is 216 g/mol. The fourth-order valence-electron chi connectivity index (χ4n) is 1.31. The van der Waals surface area contributed by atoms with Crippen LogP contribution in [0.5, 0.6) is 0 Å². The summed E-state index contributed by atoms with van der Waals surface area (Å²) in [7, 11) is 0. The van der Waals surface area contributed by atoms with Crippen molar-refractivity contribution in [3.05, 3.63) is 34.4 Å². The van der Waals surface area contributed by atoms with Crippen molar-refractivity contribution in [1.82, 2.24) is 0 Å². The Morgan fingerprint density at radius 2 is 2.06 bits per heavy atom. The normalized spacial score (nSPS) is 13.2. The summed E-state index contributed by atoms with van der Waals surface area (Å²) in [5.41, 5.74) is 1.15. The van der Waals surface area contributed by atoms with Crippen LogP contribution in [0.25, 0.3) is 0 Å². The molecule has 1 rings (SSSR count). The summed E-state index contributed by atoms with van der Waals surface area (Å²) in [6.45, 7) is 9.54. The van der Waals surface area contributed by atoms with E-state index in [0.717, 1.165) is 12.2 Å². The summed E-state index contributed by atoms with van der Waals surface area (Å²) >= 11 is 0. The van der Waals surface area contributed by atoms with Gasteiger partial charge in [0.2, 0.25) is 0 Å². The molecule has 94 valence electrons. The van der Waals surface area contributed by atoms with E-state index in [2.05, 4.69) is 33.0 Å². The second-order valence-electron chi connectivity index (χ2n) is 5.46. The molecule has 0 saturated carbocycles. The topological polar surface area (TPSA) is 55.2 Å². The maximum Gasteiger partial charge on any atom is 0.271 e. The Labute approximate surface area is 102 Å². The van der Waals surface area contributed by atoms with E-state index in [4.69, 9.17) is 0 Å². The third-order valence-electron chi connectivity index (χ3n) is 3.15. The third-order valence-corrected chi connectivity index (χ3v) is 3.15. The molecule has 1 N–H and O–H groups in total. The lowest BCUT2D eigenvalue weighted by atomic mass is 9.82. The van der Waals surface area contributed by atoms with Crippen LogP contribution in [0.15, 0.2) is 24.3 Å². The van der Waals surface area contributed by atoms with Crippen LogP contribution in [0.1, 0.15) is 27.7 Å². The average molecular weight is 236 g/mol. The zero-order valence-electron chi connectivity index (χ0n) is 10.9. The molecule has 0 saturated heterocycles. The molecule has 0 bridgehead atoms. The van der Waals surface area contributed by atoms with Gasteiger partial charge < -0.3 is 5.32 Å². The van der Waals surface area contributed by atoms with E-state index in [-0.39, 0.29) is 16.0 Å². The number of rotatable bonds is 4. The minimum Gasteiger partial charge on any atom is -0.385 e. The van der Waals surface area contributed by atoms with Crippen molar-refractivity contribution in [2.45, 2.75) is 27.7 Å². The zero-order valence-corrected chi connectivity index (χ0v) is 10.9. The van der Waals surface area contributed by atoms with Gasteiger partial charge in [-0.3, -0.25) is 10.1 Å². The minimum absolute atomic E-state index is 0.124. The van der Waals surface area contributed by atoms with Crippen molar-refractivity contribution in [2.24, 2.45) is 11.3 Å². The lowest BCUT2D eigenvalue weighted by molar-refractivity contribution is -0.384. The van der Waals surface area contributed by atoms with Crippen LogP contribution in [0.3, 0.4) is 0 Å². The molecule has 0 aliphatic rings. The lowest BCUT2D eigenvalue weighted by Crippen LogP contribution is -2.24. The summed E-state index contributed by atoms with van der Waals surface area (Å²) < 4.78 is 0. The Morgan fingerprint density at radius 3 is 2.59 bits per heavy atom. The highest BCUT2D eigenvalue weighted by Crippen LogP contribution is 2.26. The van der Waals surface area contributed by atoms with Crippen molar-refractivity contribution in [3.63, 3.8) is 0 Å². The zero-order chi connectivity index (χ0) is 13.1. The second kappa shape index (κ2) is 5.17. The van der Waals surface area contributed by atoms with Gasteiger partial charge in [0.1, 0.15) is 0 Å². The summed E-state index contributed by atoms with van der Waals surface area (Å²) in [5.74, 6) is 0.488. The highest BCUT2D eigenvalue weighted by molar-refractivity contribution is 5.50. The van der Waals surface area contributed by atoms with Crippen LogP contribution < -0.4 is 5.32 Å². The lowest BCUT2D eigenvalue weighted by Gasteiger charge is -2.27. The molecule has 4 nitrogen and oxygen atoms in total. The summed E-state index contributed by atoms with van der Waals surface area (Å²) in [5, 5.41) is 13.9. The maximum absolute atomic E-state index is 10.6. The Morgan fingerprint density at radius 1 is 1.41 bits per heavy atom. The van der Waals surface area contributed by atoms with Crippen LogP contribution in [0.2, 0.25) is 0 Å². The maximum atomic E-state index is 10.6. The van der Waals surface area contributed by atoms with E-state index >= 15 is 0 Å². The number of anilines is 1. The van der Waals surface area contributed by atoms with Crippen molar-refractivity contribution < 1.29 is 4.92 Å². The van der Waals surface area contributed by atoms with E-state index in [9.17, 15) is 10.1 Å². The van der Waals surface area contributed by atoms with Gasteiger partial charge in [-0.05, 0) is 17.4 Å². The molecule has 0 fully saturated rings. The average Bonchev–Trinajstić information content (AvgIpc) is 2.25. The van der Waals surface area contributed by atoms with Gasteiger partial charge in [0, 0.05) is 24.4 Å².